The first-order chi connectivity index (χ1) is 8.97. The number of hydrogen-bond donors (Lipinski definition) is 2. The molecule has 0 fully saturated rings. The summed E-state index contributed by atoms with van der Waals surface area (Å²) in [5.74, 6) is 0.414. The molecule has 0 saturated heterocycles. The molecule has 0 heterocycles. The molecule has 2 rings (SSSR count). The van der Waals surface area contributed by atoms with Crippen LogP contribution in [0.1, 0.15) is 5.56 Å². The first kappa shape index (κ1) is 14.0. The van der Waals surface area contributed by atoms with E-state index in [1.807, 2.05) is 0 Å². The minimum Gasteiger partial charge on any atom is -0.455 e. The van der Waals surface area contributed by atoms with E-state index in [1.54, 1.807) is 18.2 Å². The Morgan fingerprint density at radius 1 is 1.11 bits per heavy atom. The van der Waals surface area contributed by atoms with Crippen molar-refractivity contribution in [2.24, 2.45) is 5.73 Å². The quantitative estimate of drug-likeness (QED) is 0.604. The second-order valence-corrected chi connectivity index (χ2v) is 5.50. The number of halogens is 3. The van der Waals surface area contributed by atoms with Crippen molar-refractivity contribution in [3.8, 4) is 11.5 Å². The van der Waals surface area contributed by atoms with Gasteiger partial charge in [0.1, 0.15) is 23.2 Å². The third kappa shape index (κ3) is 3.33. The molecule has 3 nitrogen and oxygen atoms in total. The van der Waals surface area contributed by atoms with Crippen LogP contribution in [0.5, 0.6) is 11.5 Å². The molecular formula is C13H9Br2FN2O. The van der Waals surface area contributed by atoms with Gasteiger partial charge in [-0.1, -0.05) is 15.9 Å². The zero-order valence-electron chi connectivity index (χ0n) is 9.58. The van der Waals surface area contributed by atoms with Crippen molar-refractivity contribution in [2.75, 3.05) is 0 Å². The number of benzene rings is 2. The molecule has 0 aliphatic carbocycles. The van der Waals surface area contributed by atoms with Gasteiger partial charge in [0, 0.05) is 4.47 Å². The molecule has 0 aromatic heterocycles. The lowest BCUT2D eigenvalue weighted by molar-refractivity contribution is 0.476. The zero-order valence-corrected chi connectivity index (χ0v) is 12.8. The molecule has 0 spiro atoms. The average Bonchev–Trinajstić information content (AvgIpc) is 2.32. The molecular weight excluding hydrogens is 379 g/mol. The van der Waals surface area contributed by atoms with Crippen LogP contribution in [0.2, 0.25) is 0 Å². The first-order valence-electron chi connectivity index (χ1n) is 5.24. The summed E-state index contributed by atoms with van der Waals surface area (Å²) in [4.78, 5) is 0. The number of nitrogens with one attached hydrogen (secondary N) is 1. The predicted octanol–water partition coefficient (Wildman–Crippen LogP) is 4.43. The second-order valence-electron chi connectivity index (χ2n) is 3.73. The van der Waals surface area contributed by atoms with E-state index >= 15 is 0 Å². The fourth-order valence-corrected chi connectivity index (χ4v) is 2.25. The van der Waals surface area contributed by atoms with Gasteiger partial charge in [0.05, 0.1) is 10.0 Å². The van der Waals surface area contributed by atoms with Crippen molar-refractivity contribution in [3.05, 3.63) is 56.7 Å². The summed E-state index contributed by atoms with van der Waals surface area (Å²) in [6.45, 7) is 0. The van der Waals surface area contributed by atoms with E-state index < -0.39 is 0 Å². The van der Waals surface area contributed by atoms with Gasteiger partial charge in [-0.3, -0.25) is 5.41 Å². The zero-order chi connectivity index (χ0) is 14.0. The molecule has 0 aliphatic rings. The summed E-state index contributed by atoms with van der Waals surface area (Å²) in [7, 11) is 0. The van der Waals surface area contributed by atoms with Gasteiger partial charge in [0.15, 0.2) is 0 Å². The third-order valence-electron chi connectivity index (χ3n) is 2.35. The SMILES string of the molecule is N=C(N)c1ccc(Br)cc1Oc1ccc(F)cc1Br. The van der Waals surface area contributed by atoms with Gasteiger partial charge in [-0.05, 0) is 52.3 Å². The van der Waals surface area contributed by atoms with Gasteiger partial charge in [-0.15, -0.1) is 0 Å². The fourth-order valence-electron chi connectivity index (χ4n) is 1.48. The van der Waals surface area contributed by atoms with Gasteiger partial charge < -0.3 is 10.5 Å². The van der Waals surface area contributed by atoms with Crippen LogP contribution in [0, 0.1) is 11.2 Å². The van der Waals surface area contributed by atoms with Crippen LogP contribution in [0.4, 0.5) is 4.39 Å². The third-order valence-corrected chi connectivity index (χ3v) is 3.46. The monoisotopic (exact) mass is 386 g/mol. The van der Waals surface area contributed by atoms with E-state index in [-0.39, 0.29) is 11.7 Å². The van der Waals surface area contributed by atoms with Crippen LogP contribution in [0.15, 0.2) is 45.3 Å². The highest BCUT2D eigenvalue weighted by atomic mass is 79.9. The molecule has 0 aliphatic heterocycles. The van der Waals surface area contributed by atoms with Crippen LogP contribution in [0.3, 0.4) is 0 Å². The molecule has 2 aromatic rings. The number of ether oxygens (including phenoxy) is 1. The fraction of sp³-hybridized carbons (Fsp3) is 0. The summed E-state index contributed by atoms with van der Waals surface area (Å²) >= 11 is 6.55. The van der Waals surface area contributed by atoms with Crippen molar-refractivity contribution < 1.29 is 9.13 Å². The number of nitrogens with two attached hydrogens (primary N) is 1. The highest BCUT2D eigenvalue weighted by molar-refractivity contribution is 9.10. The van der Waals surface area contributed by atoms with E-state index in [0.717, 1.165) is 4.47 Å². The smallest absolute Gasteiger partial charge is 0.141 e. The van der Waals surface area contributed by atoms with Crippen LogP contribution in [-0.2, 0) is 0 Å². The second kappa shape index (κ2) is 5.71. The van der Waals surface area contributed by atoms with Gasteiger partial charge in [0.2, 0.25) is 0 Å². The summed E-state index contributed by atoms with van der Waals surface area (Å²) in [6, 6.07) is 9.26. The lowest BCUT2D eigenvalue weighted by atomic mass is 10.2. The van der Waals surface area contributed by atoms with Crippen molar-refractivity contribution in [1.82, 2.24) is 0 Å². The highest BCUT2D eigenvalue weighted by Gasteiger charge is 2.11. The molecule has 0 radical (unpaired) electrons. The molecule has 2 aromatic carbocycles. The highest BCUT2D eigenvalue weighted by Crippen LogP contribution is 2.33. The van der Waals surface area contributed by atoms with E-state index in [2.05, 4.69) is 31.9 Å². The average molecular weight is 388 g/mol. The molecule has 0 bridgehead atoms. The minimum atomic E-state index is -0.361. The Morgan fingerprint density at radius 3 is 2.47 bits per heavy atom. The summed E-state index contributed by atoms with van der Waals surface area (Å²) < 4.78 is 20.0. The van der Waals surface area contributed by atoms with E-state index in [1.165, 1.54) is 18.2 Å². The Labute approximate surface area is 126 Å². The van der Waals surface area contributed by atoms with Crippen molar-refractivity contribution >= 4 is 37.7 Å². The van der Waals surface area contributed by atoms with Crippen LogP contribution in [0.25, 0.3) is 0 Å². The Balaban J connectivity index is 2.42. The number of rotatable bonds is 3. The molecule has 0 saturated carbocycles. The van der Waals surface area contributed by atoms with Gasteiger partial charge >= 0.3 is 0 Å². The molecule has 6 heteroatoms. The Bertz CT molecular complexity index is 647. The van der Waals surface area contributed by atoms with Crippen molar-refractivity contribution in [3.63, 3.8) is 0 Å². The number of hydrogen-bond acceptors (Lipinski definition) is 2. The molecule has 98 valence electrons. The molecule has 0 amide bonds. The maximum absolute atomic E-state index is 13.0. The first-order valence-corrected chi connectivity index (χ1v) is 6.83. The minimum absolute atomic E-state index is 0.0965. The summed E-state index contributed by atoms with van der Waals surface area (Å²) in [6.07, 6.45) is 0. The van der Waals surface area contributed by atoms with Crippen LogP contribution >= 0.6 is 31.9 Å². The lowest BCUT2D eigenvalue weighted by Crippen LogP contribution is -2.12. The topological polar surface area (TPSA) is 59.1 Å². The Hall–Kier alpha value is -1.40. The lowest BCUT2D eigenvalue weighted by Gasteiger charge is -2.12. The van der Waals surface area contributed by atoms with Crippen molar-refractivity contribution in [1.29, 1.82) is 5.41 Å². The van der Waals surface area contributed by atoms with E-state index in [9.17, 15) is 4.39 Å². The Kier molecular flexibility index (Phi) is 4.21. The molecule has 0 atom stereocenters. The van der Waals surface area contributed by atoms with Gasteiger partial charge in [-0.25, -0.2) is 4.39 Å². The van der Waals surface area contributed by atoms with Crippen molar-refractivity contribution in [2.45, 2.75) is 0 Å². The number of nitrogen functional groups attached to an aromatic ring is 1. The maximum atomic E-state index is 13.0. The molecule has 19 heavy (non-hydrogen) atoms. The van der Waals surface area contributed by atoms with Gasteiger partial charge in [0.25, 0.3) is 0 Å². The predicted molar refractivity (Wildman–Crippen MR) is 79.3 cm³/mol. The van der Waals surface area contributed by atoms with E-state index in [4.69, 9.17) is 15.9 Å². The normalized spacial score (nSPS) is 10.3. The standard InChI is InChI=1S/C13H9Br2FN2O/c14-7-1-3-9(13(17)18)12(5-7)19-11-4-2-8(16)6-10(11)15/h1-6H,(H3,17,18). The van der Waals surface area contributed by atoms with Crippen LogP contribution in [-0.4, -0.2) is 5.84 Å². The van der Waals surface area contributed by atoms with E-state index in [0.29, 0.717) is 21.5 Å². The summed E-state index contributed by atoms with van der Waals surface area (Å²) in [5.41, 5.74) is 5.97. The molecule has 3 N–H and O–H groups in total. The van der Waals surface area contributed by atoms with Crippen LogP contribution < -0.4 is 10.5 Å². The molecule has 0 unspecified atom stereocenters. The summed E-state index contributed by atoms with van der Waals surface area (Å²) in [5, 5.41) is 7.51. The number of amidine groups is 1. The maximum Gasteiger partial charge on any atom is 0.141 e. The Morgan fingerprint density at radius 2 is 1.84 bits per heavy atom. The largest absolute Gasteiger partial charge is 0.455 e. The van der Waals surface area contributed by atoms with Gasteiger partial charge in [-0.2, -0.15) is 0 Å².